The molecule has 6 heteroatoms. The van der Waals surface area contributed by atoms with Gasteiger partial charge in [-0.25, -0.2) is 0 Å². The van der Waals surface area contributed by atoms with Gasteiger partial charge in [0.2, 0.25) is 5.91 Å². The molecule has 1 N–H and O–H groups in total. The first kappa shape index (κ1) is 15.2. The van der Waals surface area contributed by atoms with E-state index >= 15 is 0 Å². The molecular formula is C13H15ClN2O3. The van der Waals surface area contributed by atoms with Gasteiger partial charge in [-0.05, 0) is 25.1 Å². The predicted octanol–water partition coefficient (Wildman–Crippen LogP) is 1.96. The third kappa shape index (κ3) is 4.37. The van der Waals surface area contributed by atoms with Gasteiger partial charge in [-0.1, -0.05) is 11.6 Å². The summed E-state index contributed by atoms with van der Waals surface area (Å²) in [5, 5.41) is 2.83. The van der Waals surface area contributed by atoms with Crippen LogP contribution in [0, 0.1) is 0 Å². The summed E-state index contributed by atoms with van der Waals surface area (Å²) in [7, 11) is 3.26. The molecule has 1 aromatic rings. The van der Waals surface area contributed by atoms with E-state index in [4.69, 9.17) is 11.6 Å². The number of nitrogens with zero attached hydrogens (tertiary/aromatic N) is 1. The van der Waals surface area contributed by atoms with Crippen LogP contribution in [-0.4, -0.2) is 36.6 Å². The SMILES string of the molecule is CC(=O)CC(=O)Nc1cc(C(=O)N(C)C)ccc1Cl. The van der Waals surface area contributed by atoms with Crippen molar-refractivity contribution in [1.29, 1.82) is 0 Å². The molecular weight excluding hydrogens is 268 g/mol. The van der Waals surface area contributed by atoms with Crippen LogP contribution >= 0.6 is 11.6 Å². The van der Waals surface area contributed by atoms with Crippen LogP contribution < -0.4 is 5.32 Å². The average Bonchev–Trinajstić information content (AvgIpc) is 2.29. The van der Waals surface area contributed by atoms with Crippen molar-refractivity contribution in [3.05, 3.63) is 28.8 Å². The number of carbonyl (C=O) groups excluding carboxylic acids is 3. The Morgan fingerprint density at radius 3 is 2.42 bits per heavy atom. The zero-order chi connectivity index (χ0) is 14.6. The van der Waals surface area contributed by atoms with Gasteiger partial charge in [-0.2, -0.15) is 0 Å². The monoisotopic (exact) mass is 282 g/mol. The van der Waals surface area contributed by atoms with E-state index in [0.29, 0.717) is 16.3 Å². The molecule has 0 fully saturated rings. The maximum atomic E-state index is 11.8. The fraction of sp³-hybridized carbons (Fsp3) is 0.308. The molecule has 0 heterocycles. The average molecular weight is 283 g/mol. The Hall–Kier alpha value is -1.88. The predicted molar refractivity (Wildman–Crippen MR) is 73.4 cm³/mol. The summed E-state index contributed by atoms with van der Waals surface area (Å²) >= 11 is 5.94. The van der Waals surface area contributed by atoms with Crippen LogP contribution in [0.25, 0.3) is 0 Å². The standard InChI is InChI=1S/C13H15ClN2O3/c1-8(17)6-12(18)15-11-7-9(4-5-10(11)14)13(19)16(2)3/h4-5,7H,6H2,1-3H3,(H,15,18). The summed E-state index contributed by atoms with van der Waals surface area (Å²) in [6.45, 7) is 1.33. The molecule has 0 unspecified atom stereocenters. The number of halogens is 1. The third-order valence-corrected chi connectivity index (χ3v) is 2.63. The van der Waals surface area contributed by atoms with Gasteiger partial charge in [0, 0.05) is 19.7 Å². The number of benzene rings is 1. The van der Waals surface area contributed by atoms with E-state index in [2.05, 4.69) is 5.32 Å². The molecule has 0 aliphatic carbocycles. The summed E-state index contributed by atoms with van der Waals surface area (Å²) in [6.07, 6.45) is -0.220. The molecule has 5 nitrogen and oxygen atoms in total. The second kappa shape index (κ2) is 6.33. The Kier molecular flexibility index (Phi) is 5.06. The molecule has 0 aromatic heterocycles. The van der Waals surface area contributed by atoms with Gasteiger partial charge in [0.25, 0.3) is 5.91 Å². The fourth-order valence-electron chi connectivity index (χ4n) is 1.43. The van der Waals surface area contributed by atoms with Gasteiger partial charge < -0.3 is 10.2 Å². The molecule has 102 valence electrons. The highest BCUT2D eigenvalue weighted by Gasteiger charge is 2.13. The summed E-state index contributed by atoms with van der Waals surface area (Å²) in [5.41, 5.74) is 0.730. The van der Waals surface area contributed by atoms with Crippen LogP contribution in [0.3, 0.4) is 0 Å². The maximum Gasteiger partial charge on any atom is 0.253 e. The first-order valence-corrected chi connectivity index (χ1v) is 5.99. The van der Waals surface area contributed by atoms with Crippen molar-refractivity contribution in [2.75, 3.05) is 19.4 Å². The number of anilines is 1. The molecule has 1 rings (SSSR count). The van der Waals surface area contributed by atoms with Crippen LogP contribution in [0.2, 0.25) is 5.02 Å². The van der Waals surface area contributed by atoms with Crippen LogP contribution in [0.1, 0.15) is 23.7 Å². The van der Waals surface area contributed by atoms with Crippen molar-refractivity contribution in [2.24, 2.45) is 0 Å². The number of ketones is 1. The highest BCUT2D eigenvalue weighted by molar-refractivity contribution is 6.34. The topological polar surface area (TPSA) is 66.5 Å². The lowest BCUT2D eigenvalue weighted by atomic mass is 10.1. The van der Waals surface area contributed by atoms with E-state index < -0.39 is 5.91 Å². The summed E-state index contributed by atoms with van der Waals surface area (Å²) in [4.78, 5) is 35.6. The zero-order valence-corrected chi connectivity index (χ0v) is 11.7. The molecule has 0 aliphatic heterocycles. The Labute approximate surface area is 116 Å². The van der Waals surface area contributed by atoms with Gasteiger partial charge in [0.1, 0.15) is 5.78 Å². The minimum Gasteiger partial charge on any atom is -0.345 e. The first-order valence-electron chi connectivity index (χ1n) is 5.61. The number of carbonyl (C=O) groups is 3. The largest absolute Gasteiger partial charge is 0.345 e. The van der Waals surface area contributed by atoms with E-state index in [0.717, 1.165) is 0 Å². The van der Waals surface area contributed by atoms with Crippen molar-refractivity contribution in [3.63, 3.8) is 0 Å². The fourth-order valence-corrected chi connectivity index (χ4v) is 1.60. The van der Waals surface area contributed by atoms with Crippen LogP contribution in [-0.2, 0) is 9.59 Å². The zero-order valence-electron chi connectivity index (χ0n) is 11.0. The van der Waals surface area contributed by atoms with E-state index in [1.165, 1.54) is 24.0 Å². The lowest BCUT2D eigenvalue weighted by Gasteiger charge is -2.12. The van der Waals surface area contributed by atoms with Gasteiger partial charge >= 0.3 is 0 Å². The normalized spacial score (nSPS) is 9.89. The molecule has 0 radical (unpaired) electrons. The second-order valence-corrected chi connectivity index (χ2v) is 4.73. The van der Waals surface area contributed by atoms with Crippen molar-refractivity contribution in [3.8, 4) is 0 Å². The van der Waals surface area contributed by atoms with Gasteiger partial charge in [0.15, 0.2) is 0 Å². The summed E-state index contributed by atoms with van der Waals surface area (Å²) in [5.74, 6) is -0.892. The van der Waals surface area contributed by atoms with E-state index in [-0.39, 0.29) is 18.1 Å². The van der Waals surface area contributed by atoms with E-state index in [1.54, 1.807) is 20.2 Å². The number of rotatable bonds is 4. The number of hydrogen-bond donors (Lipinski definition) is 1. The van der Waals surface area contributed by atoms with Gasteiger partial charge in [-0.3, -0.25) is 14.4 Å². The number of nitrogens with one attached hydrogen (secondary N) is 1. The molecule has 0 saturated heterocycles. The highest BCUT2D eigenvalue weighted by atomic mass is 35.5. The summed E-state index contributed by atoms with van der Waals surface area (Å²) in [6, 6.07) is 4.59. The Morgan fingerprint density at radius 2 is 1.89 bits per heavy atom. The number of Topliss-reactive ketones (excluding diaryl/α,β-unsaturated/α-hetero) is 1. The maximum absolute atomic E-state index is 11.8. The smallest absolute Gasteiger partial charge is 0.253 e. The Balaban J connectivity index is 2.95. The van der Waals surface area contributed by atoms with E-state index in [9.17, 15) is 14.4 Å². The molecule has 0 spiro atoms. The lowest BCUT2D eigenvalue weighted by Crippen LogP contribution is -2.22. The molecule has 19 heavy (non-hydrogen) atoms. The van der Waals surface area contributed by atoms with Gasteiger partial charge in [-0.15, -0.1) is 0 Å². The van der Waals surface area contributed by atoms with Crippen molar-refractivity contribution in [1.82, 2.24) is 4.90 Å². The van der Waals surface area contributed by atoms with Crippen molar-refractivity contribution < 1.29 is 14.4 Å². The van der Waals surface area contributed by atoms with Crippen LogP contribution in [0.15, 0.2) is 18.2 Å². The number of hydrogen-bond acceptors (Lipinski definition) is 3. The minimum absolute atomic E-state index is 0.196. The molecule has 0 bridgehead atoms. The van der Waals surface area contributed by atoms with Crippen molar-refractivity contribution in [2.45, 2.75) is 13.3 Å². The first-order chi connectivity index (χ1) is 8.81. The van der Waals surface area contributed by atoms with E-state index in [1.807, 2.05) is 0 Å². The third-order valence-electron chi connectivity index (χ3n) is 2.30. The van der Waals surface area contributed by atoms with Crippen LogP contribution in [0.4, 0.5) is 5.69 Å². The second-order valence-electron chi connectivity index (χ2n) is 4.32. The molecule has 0 atom stereocenters. The van der Waals surface area contributed by atoms with Gasteiger partial charge in [0.05, 0.1) is 17.1 Å². The quantitative estimate of drug-likeness (QED) is 0.859. The number of amides is 2. The summed E-state index contributed by atoms with van der Waals surface area (Å²) < 4.78 is 0. The lowest BCUT2D eigenvalue weighted by molar-refractivity contribution is -0.124. The Morgan fingerprint density at radius 1 is 1.26 bits per heavy atom. The molecule has 0 aliphatic rings. The minimum atomic E-state index is -0.455. The Bertz CT molecular complexity index is 527. The molecule has 1 aromatic carbocycles. The van der Waals surface area contributed by atoms with Crippen LogP contribution in [0.5, 0.6) is 0 Å². The highest BCUT2D eigenvalue weighted by Crippen LogP contribution is 2.23. The molecule has 2 amide bonds. The van der Waals surface area contributed by atoms with Crippen molar-refractivity contribution >= 4 is 34.9 Å². The molecule has 0 saturated carbocycles.